The van der Waals surface area contributed by atoms with Gasteiger partial charge in [0.05, 0.1) is 11.3 Å². The zero-order chi connectivity index (χ0) is 19.9. The van der Waals surface area contributed by atoms with Crippen LogP contribution in [0.5, 0.6) is 0 Å². The third-order valence-corrected chi connectivity index (χ3v) is 4.87. The maximum Gasteiger partial charge on any atom is 0.252 e. The van der Waals surface area contributed by atoms with E-state index in [-0.39, 0.29) is 11.7 Å². The maximum absolute atomic E-state index is 14.0. The molecule has 1 aromatic carbocycles. The van der Waals surface area contributed by atoms with Crippen molar-refractivity contribution in [3.05, 3.63) is 54.0 Å². The molecule has 0 radical (unpaired) electrons. The van der Waals surface area contributed by atoms with Gasteiger partial charge >= 0.3 is 0 Å². The molecule has 3 rings (SSSR count). The summed E-state index contributed by atoms with van der Waals surface area (Å²) in [7, 11) is 4.03. The van der Waals surface area contributed by atoms with Crippen LogP contribution in [0, 0.1) is 5.82 Å². The van der Waals surface area contributed by atoms with Crippen molar-refractivity contribution in [2.45, 2.75) is 6.42 Å². The number of hydrogen-bond acceptors (Lipinski definition) is 5. The lowest BCUT2D eigenvalue weighted by molar-refractivity contribution is 0.0952. The zero-order valence-corrected chi connectivity index (χ0v) is 16.6. The molecule has 1 N–H and O–H groups in total. The Morgan fingerprint density at radius 3 is 2.46 bits per heavy atom. The van der Waals surface area contributed by atoms with Gasteiger partial charge in [0.1, 0.15) is 11.6 Å². The highest BCUT2D eigenvalue weighted by molar-refractivity contribution is 5.94. The highest BCUT2D eigenvalue weighted by Crippen LogP contribution is 2.22. The summed E-state index contributed by atoms with van der Waals surface area (Å²) in [6.07, 6.45) is 2.54. The molecule has 0 bridgehead atoms. The number of halogens is 1. The first-order valence-corrected chi connectivity index (χ1v) is 9.68. The fourth-order valence-corrected chi connectivity index (χ4v) is 3.29. The lowest BCUT2D eigenvalue weighted by Gasteiger charge is -2.36. The normalized spacial score (nSPS) is 14.4. The third-order valence-electron chi connectivity index (χ3n) is 4.87. The molecule has 1 aliphatic rings. The van der Waals surface area contributed by atoms with E-state index in [2.05, 4.69) is 25.0 Å². The van der Waals surface area contributed by atoms with Crippen molar-refractivity contribution < 1.29 is 9.18 Å². The standard InChI is InChI=1S/C21H28FN5O/c1-25(2)11-5-10-23-21(28)17-8-9-20(24-16-17)27-14-12-26(13-15-27)19-7-4-3-6-18(19)22/h3-4,6-9,16H,5,10-15H2,1-2H3,(H,23,28). The molecule has 2 heterocycles. The molecular weight excluding hydrogens is 357 g/mol. The van der Waals surface area contributed by atoms with E-state index in [0.29, 0.717) is 17.8 Å². The number of rotatable bonds is 7. The van der Waals surface area contributed by atoms with Gasteiger partial charge in [0.15, 0.2) is 0 Å². The minimum Gasteiger partial charge on any atom is -0.366 e. The number of piperazine rings is 1. The summed E-state index contributed by atoms with van der Waals surface area (Å²) in [4.78, 5) is 23.0. The van der Waals surface area contributed by atoms with Crippen LogP contribution in [0.3, 0.4) is 0 Å². The van der Waals surface area contributed by atoms with E-state index in [0.717, 1.165) is 45.0 Å². The first kappa shape index (κ1) is 20.1. The molecule has 150 valence electrons. The Balaban J connectivity index is 1.50. The van der Waals surface area contributed by atoms with Crippen LogP contribution in [0.15, 0.2) is 42.6 Å². The fraction of sp³-hybridized carbons (Fsp3) is 0.429. The number of pyridine rings is 1. The average molecular weight is 385 g/mol. The number of aromatic nitrogens is 1. The Labute approximate surface area is 166 Å². The summed E-state index contributed by atoms with van der Waals surface area (Å²) in [6, 6.07) is 10.6. The number of para-hydroxylation sites is 1. The van der Waals surface area contributed by atoms with Gasteiger partial charge in [-0.25, -0.2) is 9.37 Å². The molecule has 0 saturated carbocycles. The molecular formula is C21H28FN5O. The highest BCUT2D eigenvalue weighted by atomic mass is 19.1. The Hall–Kier alpha value is -2.67. The van der Waals surface area contributed by atoms with E-state index in [1.165, 1.54) is 6.07 Å². The summed E-state index contributed by atoms with van der Waals surface area (Å²) < 4.78 is 14.0. The van der Waals surface area contributed by atoms with Crippen LogP contribution < -0.4 is 15.1 Å². The molecule has 0 aliphatic carbocycles. The topological polar surface area (TPSA) is 51.7 Å². The number of nitrogens with one attached hydrogen (secondary N) is 1. The van der Waals surface area contributed by atoms with Crippen molar-refractivity contribution in [2.75, 3.05) is 63.2 Å². The molecule has 28 heavy (non-hydrogen) atoms. The Kier molecular flexibility index (Phi) is 6.81. The van der Waals surface area contributed by atoms with Gasteiger partial charge in [-0.15, -0.1) is 0 Å². The van der Waals surface area contributed by atoms with E-state index in [1.807, 2.05) is 38.4 Å². The van der Waals surface area contributed by atoms with Gasteiger partial charge in [-0.1, -0.05) is 12.1 Å². The smallest absolute Gasteiger partial charge is 0.252 e. The van der Waals surface area contributed by atoms with Crippen LogP contribution in [0.1, 0.15) is 16.8 Å². The first-order chi connectivity index (χ1) is 13.5. The molecule has 2 aromatic rings. The van der Waals surface area contributed by atoms with Crippen LogP contribution in [0.25, 0.3) is 0 Å². The Morgan fingerprint density at radius 1 is 1.11 bits per heavy atom. The quantitative estimate of drug-likeness (QED) is 0.741. The van der Waals surface area contributed by atoms with Crippen LogP contribution in [-0.4, -0.2) is 69.2 Å². The van der Waals surface area contributed by atoms with E-state index in [4.69, 9.17) is 0 Å². The molecule has 1 amide bonds. The zero-order valence-electron chi connectivity index (χ0n) is 16.6. The van der Waals surface area contributed by atoms with Crippen LogP contribution in [0.4, 0.5) is 15.9 Å². The lowest BCUT2D eigenvalue weighted by Crippen LogP contribution is -2.47. The fourth-order valence-electron chi connectivity index (χ4n) is 3.29. The summed E-state index contributed by atoms with van der Waals surface area (Å²) in [5.74, 6) is 0.564. The molecule has 1 saturated heterocycles. The third kappa shape index (κ3) is 5.19. The minimum absolute atomic E-state index is 0.0952. The number of anilines is 2. The van der Waals surface area contributed by atoms with E-state index < -0.39 is 0 Å². The second kappa shape index (κ2) is 9.50. The van der Waals surface area contributed by atoms with Crippen LogP contribution in [0.2, 0.25) is 0 Å². The van der Waals surface area contributed by atoms with Gasteiger partial charge in [-0.2, -0.15) is 0 Å². The summed E-state index contributed by atoms with van der Waals surface area (Å²) in [5.41, 5.74) is 1.22. The molecule has 1 aliphatic heterocycles. The van der Waals surface area contributed by atoms with Gasteiger partial charge in [-0.05, 0) is 51.3 Å². The Morgan fingerprint density at radius 2 is 1.82 bits per heavy atom. The van der Waals surface area contributed by atoms with Crippen molar-refractivity contribution in [1.29, 1.82) is 0 Å². The molecule has 0 unspecified atom stereocenters. The second-order valence-corrected chi connectivity index (χ2v) is 7.24. The molecule has 0 atom stereocenters. The van der Waals surface area contributed by atoms with Gasteiger partial charge in [0.2, 0.25) is 0 Å². The predicted molar refractivity (Wildman–Crippen MR) is 111 cm³/mol. The number of benzene rings is 1. The SMILES string of the molecule is CN(C)CCCNC(=O)c1ccc(N2CCN(c3ccccc3F)CC2)nc1. The molecule has 6 nitrogen and oxygen atoms in total. The van der Waals surface area contributed by atoms with Gasteiger partial charge < -0.3 is 20.0 Å². The van der Waals surface area contributed by atoms with Crippen molar-refractivity contribution in [2.24, 2.45) is 0 Å². The number of carbonyl (C=O) groups is 1. The van der Waals surface area contributed by atoms with Crippen LogP contribution >= 0.6 is 0 Å². The maximum atomic E-state index is 14.0. The lowest BCUT2D eigenvalue weighted by atomic mass is 10.2. The van der Waals surface area contributed by atoms with Crippen molar-refractivity contribution in [3.63, 3.8) is 0 Å². The molecule has 1 fully saturated rings. The van der Waals surface area contributed by atoms with Crippen molar-refractivity contribution in [1.82, 2.24) is 15.2 Å². The summed E-state index contributed by atoms with van der Waals surface area (Å²) in [5, 5.41) is 2.92. The van der Waals surface area contributed by atoms with Crippen LogP contribution in [-0.2, 0) is 0 Å². The first-order valence-electron chi connectivity index (χ1n) is 9.68. The van der Waals surface area contributed by atoms with Gasteiger partial charge in [0.25, 0.3) is 5.91 Å². The number of hydrogen-bond donors (Lipinski definition) is 1. The predicted octanol–water partition coefficient (Wildman–Crippen LogP) is 2.23. The van der Waals surface area contributed by atoms with Gasteiger partial charge in [-0.3, -0.25) is 4.79 Å². The number of amides is 1. The largest absolute Gasteiger partial charge is 0.366 e. The van der Waals surface area contributed by atoms with E-state index in [1.54, 1.807) is 12.3 Å². The minimum atomic E-state index is -0.185. The van der Waals surface area contributed by atoms with Crippen molar-refractivity contribution in [3.8, 4) is 0 Å². The molecule has 1 aromatic heterocycles. The average Bonchev–Trinajstić information content (AvgIpc) is 2.71. The number of carbonyl (C=O) groups excluding carboxylic acids is 1. The summed E-state index contributed by atoms with van der Waals surface area (Å²) >= 11 is 0. The Bertz CT molecular complexity index is 773. The highest BCUT2D eigenvalue weighted by Gasteiger charge is 2.20. The van der Waals surface area contributed by atoms with E-state index in [9.17, 15) is 9.18 Å². The molecule has 7 heteroatoms. The van der Waals surface area contributed by atoms with E-state index >= 15 is 0 Å². The molecule has 0 spiro atoms. The number of nitrogens with zero attached hydrogens (tertiary/aromatic N) is 4. The van der Waals surface area contributed by atoms with Crippen molar-refractivity contribution >= 4 is 17.4 Å². The monoisotopic (exact) mass is 385 g/mol. The second-order valence-electron chi connectivity index (χ2n) is 7.24. The summed E-state index contributed by atoms with van der Waals surface area (Å²) in [6.45, 7) is 4.58. The van der Waals surface area contributed by atoms with Gasteiger partial charge in [0, 0.05) is 38.9 Å².